The summed E-state index contributed by atoms with van der Waals surface area (Å²) in [6.07, 6.45) is 1.72. The molecular weight excluding hydrogens is 493 g/mol. The van der Waals surface area contributed by atoms with Crippen LogP contribution in [-0.2, 0) is 0 Å². The predicted molar refractivity (Wildman–Crippen MR) is 137 cm³/mol. The van der Waals surface area contributed by atoms with Crippen molar-refractivity contribution in [2.24, 2.45) is 0 Å². The Labute approximate surface area is 210 Å². The average Bonchev–Trinajstić information content (AvgIpc) is 3.40. The Morgan fingerprint density at radius 3 is 2.41 bits per heavy atom. The summed E-state index contributed by atoms with van der Waals surface area (Å²) in [4.78, 5) is 20.1. The summed E-state index contributed by atoms with van der Waals surface area (Å²) in [6, 6.07) is 20.0. The number of hydrogen-bond donors (Lipinski definition) is 2. The van der Waals surface area contributed by atoms with Gasteiger partial charge in [0.15, 0.2) is 0 Å². The molecule has 5 rings (SSSR count). The van der Waals surface area contributed by atoms with Gasteiger partial charge in [-0.25, -0.2) is 9.78 Å². The van der Waals surface area contributed by atoms with E-state index in [1.807, 2.05) is 54.0 Å². The van der Waals surface area contributed by atoms with Crippen LogP contribution in [0, 0.1) is 0 Å². The van der Waals surface area contributed by atoms with Gasteiger partial charge in [-0.2, -0.15) is 0 Å². The highest BCUT2D eigenvalue weighted by molar-refractivity contribution is 6.35. The third kappa shape index (κ3) is 3.86. The molecule has 0 unspecified atom stereocenters. The van der Waals surface area contributed by atoms with Crippen LogP contribution < -0.4 is 0 Å². The molecule has 0 aliphatic heterocycles. The lowest BCUT2D eigenvalue weighted by Gasteiger charge is -2.20. The van der Waals surface area contributed by atoms with Gasteiger partial charge in [-0.05, 0) is 36.8 Å². The molecule has 0 aliphatic rings. The maximum absolute atomic E-state index is 12.3. The highest BCUT2D eigenvalue weighted by atomic mass is 35.5. The highest BCUT2D eigenvalue weighted by Crippen LogP contribution is 2.42. The van der Waals surface area contributed by atoms with Gasteiger partial charge in [-0.1, -0.05) is 77.3 Å². The molecule has 0 saturated carbocycles. The van der Waals surface area contributed by atoms with Crippen molar-refractivity contribution >= 4 is 51.7 Å². The largest absolute Gasteiger partial charge is 0.477 e. The van der Waals surface area contributed by atoms with Gasteiger partial charge in [-0.3, -0.25) is 0 Å². The summed E-state index contributed by atoms with van der Waals surface area (Å²) in [7, 11) is 0. The number of carboxylic acids is 1. The molecule has 34 heavy (non-hydrogen) atoms. The van der Waals surface area contributed by atoms with Gasteiger partial charge in [0.25, 0.3) is 0 Å². The molecule has 0 aliphatic carbocycles. The first-order chi connectivity index (χ1) is 16.3. The number of aromatic nitrogens is 3. The maximum atomic E-state index is 12.3. The molecule has 0 spiro atoms. The molecule has 3 aromatic carbocycles. The summed E-state index contributed by atoms with van der Waals surface area (Å²) in [6.45, 7) is 1.99. The Morgan fingerprint density at radius 1 is 1.00 bits per heavy atom. The van der Waals surface area contributed by atoms with E-state index in [9.17, 15) is 9.90 Å². The molecule has 0 radical (unpaired) electrons. The smallest absolute Gasteiger partial charge is 0.353 e. The molecule has 1 atom stereocenters. The average molecular weight is 511 g/mol. The number of benzene rings is 3. The summed E-state index contributed by atoms with van der Waals surface area (Å²) < 4.78 is 1.95. The van der Waals surface area contributed by atoms with Crippen LogP contribution in [-0.4, -0.2) is 25.6 Å². The van der Waals surface area contributed by atoms with E-state index in [1.54, 1.807) is 30.6 Å². The summed E-state index contributed by atoms with van der Waals surface area (Å²) in [5.74, 6) is -1.08. The van der Waals surface area contributed by atoms with Crippen molar-refractivity contribution in [2.75, 3.05) is 0 Å². The SMILES string of the molecule is C[C@@H](c1ccc(Cl)cc1Cl)n1cnc(-c2ccccc2)c1-c1c(C(=O)O)[nH]c2cc(Cl)ccc12. The van der Waals surface area contributed by atoms with Crippen molar-refractivity contribution in [3.63, 3.8) is 0 Å². The number of aromatic carboxylic acids is 1. The fraction of sp³-hybridized carbons (Fsp3) is 0.0769. The number of fused-ring (bicyclic) bond motifs is 1. The number of nitrogens with zero attached hydrogens (tertiary/aromatic N) is 2. The van der Waals surface area contributed by atoms with Crippen LogP contribution in [0.4, 0.5) is 0 Å². The number of carboxylic acid groups (broad SMARTS) is 1. The van der Waals surface area contributed by atoms with E-state index in [4.69, 9.17) is 39.8 Å². The Kier molecular flexibility index (Phi) is 5.86. The van der Waals surface area contributed by atoms with Crippen LogP contribution in [0.25, 0.3) is 33.4 Å². The molecule has 8 heteroatoms. The summed E-state index contributed by atoms with van der Waals surface area (Å²) in [5.41, 5.74) is 4.25. The van der Waals surface area contributed by atoms with Crippen LogP contribution in [0.1, 0.15) is 29.0 Å². The standard InChI is InChI=1S/C26H18Cl3N3O2/c1-14(18-9-7-16(27)11-20(18)29)32-13-30-23(15-5-3-2-4-6-15)25(32)22-19-10-8-17(28)12-21(19)31-24(22)26(33)34/h2-14,31H,1H3,(H,33,34)/t14-/m0/s1. The lowest BCUT2D eigenvalue weighted by molar-refractivity contribution is 0.0692. The molecule has 0 saturated heterocycles. The summed E-state index contributed by atoms with van der Waals surface area (Å²) in [5, 5.41) is 12.4. The fourth-order valence-electron chi connectivity index (χ4n) is 4.28. The van der Waals surface area contributed by atoms with Gasteiger partial charge in [0, 0.05) is 37.1 Å². The van der Waals surface area contributed by atoms with E-state index < -0.39 is 5.97 Å². The fourth-order valence-corrected chi connectivity index (χ4v) is 5.01. The van der Waals surface area contributed by atoms with Gasteiger partial charge in [0.1, 0.15) is 5.69 Å². The lowest BCUT2D eigenvalue weighted by atomic mass is 10.00. The van der Waals surface area contributed by atoms with Gasteiger partial charge in [0.2, 0.25) is 0 Å². The van der Waals surface area contributed by atoms with Gasteiger partial charge in [-0.15, -0.1) is 0 Å². The number of H-pyrrole nitrogens is 1. The minimum Gasteiger partial charge on any atom is -0.477 e. The van der Waals surface area contributed by atoms with Gasteiger partial charge < -0.3 is 14.7 Å². The van der Waals surface area contributed by atoms with Gasteiger partial charge >= 0.3 is 5.97 Å². The van der Waals surface area contributed by atoms with Crippen LogP contribution in [0.5, 0.6) is 0 Å². The summed E-state index contributed by atoms with van der Waals surface area (Å²) >= 11 is 18.8. The molecule has 2 N–H and O–H groups in total. The van der Waals surface area contributed by atoms with E-state index in [-0.39, 0.29) is 11.7 Å². The van der Waals surface area contributed by atoms with E-state index >= 15 is 0 Å². The van der Waals surface area contributed by atoms with Crippen molar-refractivity contribution < 1.29 is 9.90 Å². The topological polar surface area (TPSA) is 70.9 Å². The predicted octanol–water partition coefficient (Wildman–Crippen LogP) is 7.97. The second-order valence-electron chi connectivity index (χ2n) is 7.93. The Bertz CT molecular complexity index is 1540. The number of carbonyl (C=O) groups is 1. The van der Waals surface area contributed by atoms with E-state index in [1.165, 1.54) is 0 Å². The van der Waals surface area contributed by atoms with E-state index in [2.05, 4.69) is 4.98 Å². The van der Waals surface area contributed by atoms with Gasteiger partial charge in [0.05, 0.1) is 23.8 Å². The Morgan fingerprint density at radius 2 is 1.71 bits per heavy atom. The normalized spacial score (nSPS) is 12.2. The first-order valence-electron chi connectivity index (χ1n) is 10.5. The number of nitrogens with one attached hydrogen (secondary N) is 1. The van der Waals surface area contributed by atoms with Crippen molar-refractivity contribution in [1.82, 2.24) is 14.5 Å². The van der Waals surface area contributed by atoms with Crippen LogP contribution >= 0.6 is 34.8 Å². The maximum Gasteiger partial charge on any atom is 0.353 e. The zero-order chi connectivity index (χ0) is 24.0. The third-order valence-corrected chi connectivity index (χ3v) is 6.68. The molecule has 0 amide bonds. The second-order valence-corrected chi connectivity index (χ2v) is 9.21. The quantitative estimate of drug-likeness (QED) is 0.252. The molecule has 2 aromatic heterocycles. The van der Waals surface area contributed by atoms with Crippen molar-refractivity contribution in [3.05, 3.63) is 99.4 Å². The first-order valence-corrected chi connectivity index (χ1v) is 11.6. The molecule has 5 nitrogen and oxygen atoms in total. The molecule has 5 aromatic rings. The molecular formula is C26H18Cl3N3O2. The number of aromatic amines is 1. The Hall–Kier alpha value is -3.25. The Balaban J connectivity index is 1.84. The highest BCUT2D eigenvalue weighted by Gasteiger charge is 2.27. The molecule has 0 bridgehead atoms. The number of imidazole rings is 1. The molecule has 170 valence electrons. The first kappa shape index (κ1) is 22.5. The zero-order valence-corrected chi connectivity index (χ0v) is 20.2. The minimum atomic E-state index is -1.08. The zero-order valence-electron chi connectivity index (χ0n) is 17.9. The molecule has 2 heterocycles. The third-order valence-electron chi connectivity index (χ3n) is 5.88. The van der Waals surface area contributed by atoms with Crippen molar-refractivity contribution in [2.45, 2.75) is 13.0 Å². The lowest BCUT2D eigenvalue weighted by Crippen LogP contribution is -2.10. The van der Waals surface area contributed by atoms with E-state index in [0.717, 1.165) is 16.5 Å². The van der Waals surface area contributed by atoms with Crippen molar-refractivity contribution in [3.8, 4) is 22.5 Å². The van der Waals surface area contributed by atoms with Crippen molar-refractivity contribution in [1.29, 1.82) is 0 Å². The van der Waals surface area contributed by atoms with E-state index in [0.29, 0.717) is 37.5 Å². The number of halogens is 3. The van der Waals surface area contributed by atoms with Crippen LogP contribution in [0.3, 0.4) is 0 Å². The number of hydrogen-bond acceptors (Lipinski definition) is 2. The minimum absolute atomic E-state index is 0.0607. The number of rotatable bonds is 5. The van der Waals surface area contributed by atoms with Crippen LogP contribution in [0.2, 0.25) is 15.1 Å². The second kappa shape index (κ2) is 8.84. The van der Waals surface area contributed by atoms with Crippen LogP contribution in [0.15, 0.2) is 73.1 Å². The molecule has 0 fully saturated rings. The monoisotopic (exact) mass is 509 g/mol.